The first-order chi connectivity index (χ1) is 14.0. The molecule has 3 rings (SSSR count). The highest BCUT2D eigenvalue weighted by Gasteiger charge is 2.32. The van der Waals surface area contributed by atoms with Crippen molar-refractivity contribution in [1.29, 1.82) is 0 Å². The number of rotatable bonds is 7. The monoisotopic (exact) mass is 395 g/mol. The van der Waals surface area contributed by atoms with Crippen LogP contribution in [0.4, 0.5) is 16.2 Å². The first kappa shape index (κ1) is 20.7. The molecule has 2 aromatic carbocycles. The number of amides is 2. The van der Waals surface area contributed by atoms with E-state index in [0.29, 0.717) is 19.5 Å². The zero-order chi connectivity index (χ0) is 20.6. The molecule has 2 atom stereocenters. The summed E-state index contributed by atoms with van der Waals surface area (Å²) in [4.78, 5) is 28.0. The Balaban J connectivity index is 1.62. The molecule has 154 valence electrons. The van der Waals surface area contributed by atoms with Crippen molar-refractivity contribution in [2.75, 3.05) is 36.9 Å². The molecule has 6 heteroatoms. The molecule has 0 spiro atoms. The van der Waals surface area contributed by atoms with Gasteiger partial charge in [-0.3, -0.25) is 4.79 Å². The van der Waals surface area contributed by atoms with Crippen LogP contribution in [0, 0.1) is 11.8 Å². The molecule has 6 nitrogen and oxygen atoms in total. The Hall–Kier alpha value is -3.02. The number of piperidine rings is 1. The maximum Gasteiger partial charge on any atom is 0.321 e. The molecule has 2 aromatic rings. The molecule has 0 bridgehead atoms. The number of para-hydroxylation sites is 2. The first-order valence-electron chi connectivity index (χ1n) is 10.1. The topological polar surface area (TPSA) is 72.9 Å². The van der Waals surface area contributed by atoms with Gasteiger partial charge in [-0.2, -0.15) is 0 Å². The fraction of sp³-hybridized carbons (Fsp3) is 0.391. The molecule has 2 N–H and O–H groups in total. The zero-order valence-corrected chi connectivity index (χ0v) is 16.8. The molecule has 29 heavy (non-hydrogen) atoms. The summed E-state index contributed by atoms with van der Waals surface area (Å²) in [5.41, 5.74) is 1.90. The zero-order valence-electron chi connectivity index (χ0n) is 16.8. The molecule has 1 aliphatic rings. The van der Waals surface area contributed by atoms with Gasteiger partial charge < -0.3 is 20.2 Å². The maximum absolute atomic E-state index is 12.7. The maximum atomic E-state index is 12.7. The van der Waals surface area contributed by atoms with Gasteiger partial charge in [0, 0.05) is 44.5 Å². The van der Waals surface area contributed by atoms with Crippen LogP contribution in [0.25, 0.3) is 0 Å². The van der Waals surface area contributed by atoms with E-state index in [1.807, 2.05) is 60.5 Å². The highest BCUT2D eigenvalue weighted by molar-refractivity contribution is 5.89. The van der Waals surface area contributed by atoms with Crippen LogP contribution in [0.3, 0.4) is 0 Å². The van der Waals surface area contributed by atoms with Crippen LogP contribution in [0.15, 0.2) is 60.7 Å². The van der Waals surface area contributed by atoms with E-state index in [9.17, 15) is 14.7 Å². The predicted octanol–water partition coefficient (Wildman–Crippen LogP) is 4.16. The van der Waals surface area contributed by atoms with Crippen molar-refractivity contribution in [2.24, 2.45) is 11.8 Å². The number of nitrogens with one attached hydrogen (secondary N) is 1. The van der Waals surface area contributed by atoms with Gasteiger partial charge in [-0.25, -0.2) is 4.79 Å². The minimum Gasteiger partial charge on any atom is -0.481 e. The average molecular weight is 396 g/mol. The summed E-state index contributed by atoms with van der Waals surface area (Å²) < 4.78 is 0. The summed E-state index contributed by atoms with van der Waals surface area (Å²) in [7, 11) is 2.05. The smallest absolute Gasteiger partial charge is 0.321 e. The third-order valence-electron chi connectivity index (χ3n) is 5.67. The number of carboxylic acid groups (broad SMARTS) is 1. The van der Waals surface area contributed by atoms with E-state index in [4.69, 9.17) is 0 Å². The van der Waals surface area contributed by atoms with E-state index in [1.54, 1.807) is 0 Å². The molecule has 2 amide bonds. The Morgan fingerprint density at radius 1 is 1.07 bits per heavy atom. The number of anilines is 2. The van der Waals surface area contributed by atoms with Crippen molar-refractivity contribution >= 4 is 23.4 Å². The van der Waals surface area contributed by atoms with Gasteiger partial charge in [-0.05, 0) is 48.9 Å². The Bertz CT molecular complexity index is 798. The summed E-state index contributed by atoms with van der Waals surface area (Å²) in [5, 5.41) is 12.2. The second-order valence-electron chi connectivity index (χ2n) is 7.69. The second kappa shape index (κ2) is 9.96. The lowest BCUT2D eigenvalue weighted by molar-refractivity contribution is -0.139. The average Bonchev–Trinajstić information content (AvgIpc) is 2.73. The number of likely N-dealkylation sites (tertiary alicyclic amines) is 1. The van der Waals surface area contributed by atoms with Crippen molar-refractivity contribution in [3.63, 3.8) is 0 Å². The van der Waals surface area contributed by atoms with Crippen LogP contribution in [0.2, 0.25) is 0 Å². The van der Waals surface area contributed by atoms with E-state index in [-0.39, 0.29) is 24.3 Å². The van der Waals surface area contributed by atoms with Crippen molar-refractivity contribution in [3.05, 3.63) is 60.7 Å². The molecule has 0 aromatic heterocycles. The van der Waals surface area contributed by atoms with Crippen LogP contribution < -0.4 is 10.2 Å². The SMILES string of the molecule is CN(CCC1CN(C(=O)Nc2ccccc2)CCC1CC(=O)O)c1ccccc1. The number of aliphatic carboxylic acids is 1. The summed E-state index contributed by atoms with van der Waals surface area (Å²) >= 11 is 0. The standard InChI is InChI=1S/C23H29N3O3/c1-25(21-10-6-3-7-11-21)14-12-19-17-26(15-13-18(19)16-22(27)28)23(29)24-20-8-4-2-5-9-20/h2-11,18-19H,12-17H2,1H3,(H,24,29)(H,27,28). The van der Waals surface area contributed by atoms with Crippen LogP contribution in [0.5, 0.6) is 0 Å². The minimum absolute atomic E-state index is 0.0949. The number of carbonyl (C=O) groups is 2. The van der Waals surface area contributed by atoms with Crippen LogP contribution in [-0.4, -0.2) is 48.7 Å². The van der Waals surface area contributed by atoms with E-state index in [2.05, 4.69) is 22.3 Å². The van der Waals surface area contributed by atoms with E-state index < -0.39 is 5.97 Å². The fourth-order valence-electron chi connectivity index (χ4n) is 3.98. The second-order valence-corrected chi connectivity index (χ2v) is 7.69. The molecule has 0 radical (unpaired) electrons. The Kier molecular flexibility index (Phi) is 7.11. The minimum atomic E-state index is -0.765. The van der Waals surface area contributed by atoms with Gasteiger partial charge in [-0.1, -0.05) is 36.4 Å². The van der Waals surface area contributed by atoms with Gasteiger partial charge in [-0.15, -0.1) is 0 Å². The summed E-state index contributed by atoms with van der Waals surface area (Å²) in [6, 6.07) is 19.4. The Labute approximate surface area is 172 Å². The van der Waals surface area contributed by atoms with Gasteiger partial charge in [0.05, 0.1) is 0 Å². The third-order valence-corrected chi connectivity index (χ3v) is 5.67. The molecule has 0 aliphatic carbocycles. The van der Waals surface area contributed by atoms with E-state index >= 15 is 0 Å². The summed E-state index contributed by atoms with van der Waals surface area (Å²) in [6.07, 6.45) is 1.72. The number of benzene rings is 2. The number of hydrogen-bond acceptors (Lipinski definition) is 3. The normalized spacial score (nSPS) is 18.9. The highest BCUT2D eigenvalue weighted by Crippen LogP contribution is 2.30. The lowest BCUT2D eigenvalue weighted by Gasteiger charge is -2.39. The van der Waals surface area contributed by atoms with Gasteiger partial charge in [0.1, 0.15) is 0 Å². The van der Waals surface area contributed by atoms with Crippen LogP contribution >= 0.6 is 0 Å². The van der Waals surface area contributed by atoms with Gasteiger partial charge in [0.15, 0.2) is 0 Å². The van der Waals surface area contributed by atoms with Gasteiger partial charge in [0.25, 0.3) is 0 Å². The summed E-state index contributed by atoms with van der Waals surface area (Å²) in [5.74, 6) is -0.511. The molecule has 1 aliphatic heterocycles. The highest BCUT2D eigenvalue weighted by atomic mass is 16.4. The molecular weight excluding hydrogens is 366 g/mol. The number of urea groups is 1. The molecule has 1 fully saturated rings. The number of nitrogens with zero attached hydrogens (tertiary/aromatic N) is 2. The largest absolute Gasteiger partial charge is 0.481 e. The number of carbonyl (C=O) groups excluding carboxylic acids is 1. The predicted molar refractivity (Wildman–Crippen MR) is 115 cm³/mol. The fourth-order valence-corrected chi connectivity index (χ4v) is 3.98. The molecule has 0 saturated carbocycles. The van der Waals surface area contributed by atoms with Gasteiger partial charge in [0.2, 0.25) is 0 Å². The Morgan fingerprint density at radius 2 is 1.72 bits per heavy atom. The quantitative estimate of drug-likeness (QED) is 0.738. The number of carboxylic acids is 1. The summed E-state index contributed by atoms with van der Waals surface area (Å²) in [6.45, 7) is 1.99. The molecular formula is C23H29N3O3. The van der Waals surface area contributed by atoms with Crippen molar-refractivity contribution in [2.45, 2.75) is 19.3 Å². The van der Waals surface area contributed by atoms with E-state index in [0.717, 1.165) is 24.3 Å². The molecule has 1 saturated heterocycles. The van der Waals surface area contributed by atoms with Crippen molar-refractivity contribution in [3.8, 4) is 0 Å². The van der Waals surface area contributed by atoms with Crippen molar-refractivity contribution < 1.29 is 14.7 Å². The van der Waals surface area contributed by atoms with Crippen LogP contribution in [0.1, 0.15) is 19.3 Å². The van der Waals surface area contributed by atoms with E-state index in [1.165, 1.54) is 0 Å². The molecule has 2 unspecified atom stereocenters. The lowest BCUT2D eigenvalue weighted by Crippen LogP contribution is -2.46. The molecule has 1 heterocycles. The number of hydrogen-bond donors (Lipinski definition) is 2. The van der Waals surface area contributed by atoms with Crippen LogP contribution in [-0.2, 0) is 4.79 Å². The van der Waals surface area contributed by atoms with Gasteiger partial charge >= 0.3 is 12.0 Å². The third kappa shape index (κ3) is 5.98. The Morgan fingerprint density at radius 3 is 2.38 bits per heavy atom. The van der Waals surface area contributed by atoms with Crippen molar-refractivity contribution in [1.82, 2.24) is 4.90 Å². The first-order valence-corrected chi connectivity index (χ1v) is 10.1. The lowest BCUT2D eigenvalue weighted by atomic mass is 9.81.